The predicted octanol–water partition coefficient (Wildman–Crippen LogP) is 2.17. The molecule has 1 fully saturated rings. The van der Waals surface area contributed by atoms with E-state index < -0.39 is 15.5 Å². The fourth-order valence-corrected chi connectivity index (χ4v) is 4.89. The van der Waals surface area contributed by atoms with Crippen molar-refractivity contribution in [3.05, 3.63) is 15.6 Å². The fraction of sp³-hybridized carbons (Fsp3) is 0.750. The molecule has 1 aliphatic rings. The van der Waals surface area contributed by atoms with Crippen LogP contribution >= 0.6 is 11.3 Å². The normalized spacial score (nSPS) is 17.7. The monoisotopic (exact) mass is 441 g/mol. The van der Waals surface area contributed by atoms with Crippen LogP contribution in [0.3, 0.4) is 0 Å². The Balaban J connectivity index is 1.90. The van der Waals surface area contributed by atoms with Crippen molar-refractivity contribution in [1.82, 2.24) is 19.9 Å². The molecule has 28 heavy (non-hydrogen) atoms. The molecule has 0 atom stereocenters. The number of nitrogens with zero attached hydrogens (tertiary/aromatic N) is 3. The van der Waals surface area contributed by atoms with Gasteiger partial charge >= 0.3 is 15.5 Å². The first-order chi connectivity index (χ1) is 13.0. The zero-order valence-electron chi connectivity index (χ0n) is 16.1. The molecule has 1 saturated heterocycles. The highest BCUT2D eigenvalue weighted by Gasteiger charge is 2.50. The van der Waals surface area contributed by atoms with Gasteiger partial charge in [-0.15, -0.1) is 11.3 Å². The first-order valence-corrected chi connectivity index (χ1v) is 11.3. The molecule has 0 radical (unpaired) electrons. The number of rotatable bonds is 6. The molecule has 1 aliphatic heterocycles. The van der Waals surface area contributed by atoms with E-state index in [9.17, 15) is 21.6 Å². The minimum Gasteiger partial charge on any atom is -0.357 e. The number of halogens is 3. The summed E-state index contributed by atoms with van der Waals surface area (Å²) < 4.78 is 61.4. The average Bonchev–Trinajstić information content (AvgIpc) is 2.92. The Morgan fingerprint density at radius 2 is 1.96 bits per heavy atom. The number of thiazole rings is 1. The highest BCUT2D eigenvalue weighted by atomic mass is 32.2. The molecule has 12 heteroatoms. The van der Waals surface area contributed by atoms with Gasteiger partial charge in [-0.2, -0.15) is 17.5 Å². The zero-order chi connectivity index (χ0) is 20.9. The third-order valence-electron chi connectivity index (χ3n) is 4.38. The molecular weight excluding hydrogens is 415 g/mol. The van der Waals surface area contributed by atoms with Crippen LogP contribution in [0.25, 0.3) is 0 Å². The van der Waals surface area contributed by atoms with Crippen molar-refractivity contribution in [1.29, 1.82) is 0 Å². The lowest BCUT2D eigenvalue weighted by atomic mass is 10.1. The molecule has 2 rings (SSSR count). The van der Waals surface area contributed by atoms with Crippen LogP contribution < -0.4 is 10.6 Å². The summed E-state index contributed by atoms with van der Waals surface area (Å²) >= 11 is 1.64. The quantitative estimate of drug-likeness (QED) is 0.522. The maximum Gasteiger partial charge on any atom is 0.511 e. The molecule has 0 aliphatic carbocycles. The van der Waals surface area contributed by atoms with Gasteiger partial charge in [-0.05, 0) is 33.6 Å². The van der Waals surface area contributed by atoms with Crippen molar-refractivity contribution in [2.45, 2.75) is 51.6 Å². The maximum atomic E-state index is 12.7. The first kappa shape index (κ1) is 22.9. The van der Waals surface area contributed by atoms with Crippen molar-refractivity contribution in [2.75, 3.05) is 26.2 Å². The molecule has 160 valence electrons. The van der Waals surface area contributed by atoms with Gasteiger partial charge in [0.1, 0.15) is 0 Å². The summed E-state index contributed by atoms with van der Waals surface area (Å²) in [6, 6.07) is -0.134. The van der Waals surface area contributed by atoms with E-state index in [1.54, 1.807) is 11.3 Å². The Kier molecular flexibility index (Phi) is 7.68. The lowest BCUT2D eigenvalue weighted by molar-refractivity contribution is -0.0494. The van der Waals surface area contributed by atoms with Gasteiger partial charge in [0, 0.05) is 43.5 Å². The molecule has 2 N–H and O–H groups in total. The van der Waals surface area contributed by atoms with Crippen LogP contribution in [-0.4, -0.2) is 61.4 Å². The Morgan fingerprint density at radius 1 is 1.32 bits per heavy atom. The minimum absolute atomic E-state index is 0.134. The van der Waals surface area contributed by atoms with Gasteiger partial charge in [-0.3, -0.25) is 4.99 Å². The molecule has 7 nitrogen and oxygen atoms in total. The average molecular weight is 442 g/mol. The number of nitrogens with one attached hydrogen (secondary N) is 2. The summed E-state index contributed by atoms with van der Waals surface area (Å²) in [4.78, 5) is 10.1. The van der Waals surface area contributed by atoms with Crippen molar-refractivity contribution >= 4 is 27.3 Å². The highest BCUT2D eigenvalue weighted by Crippen LogP contribution is 2.28. The second-order valence-electron chi connectivity index (χ2n) is 6.52. The highest BCUT2D eigenvalue weighted by molar-refractivity contribution is 7.90. The minimum atomic E-state index is -5.25. The van der Waals surface area contributed by atoms with Gasteiger partial charge in [0.25, 0.3) is 0 Å². The zero-order valence-corrected chi connectivity index (χ0v) is 17.8. The van der Waals surface area contributed by atoms with Crippen molar-refractivity contribution in [3.8, 4) is 0 Å². The number of aliphatic imine (C=N–C) groups is 1. The number of alkyl halides is 3. The Hall–Kier alpha value is -1.40. The SMILES string of the molecule is CCNC(=NCCc1sc(C)nc1C)NC1CCN(S(=O)(=O)C(F)(F)F)CC1. The van der Waals surface area contributed by atoms with Gasteiger partial charge in [0.15, 0.2) is 5.96 Å². The summed E-state index contributed by atoms with van der Waals surface area (Å²) in [7, 11) is -5.25. The second kappa shape index (κ2) is 9.40. The Bertz CT molecular complexity index is 785. The summed E-state index contributed by atoms with van der Waals surface area (Å²) in [5, 5.41) is 7.33. The number of hydrogen-bond donors (Lipinski definition) is 2. The van der Waals surface area contributed by atoms with E-state index in [1.807, 2.05) is 20.8 Å². The summed E-state index contributed by atoms with van der Waals surface area (Å²) in [5.41, 5.74) is -4.24. The smallest absolute Gasteiger partial charge is 0.357 e. The largest absolute Gasteiger partial charge is 0.511 e. The van der Waals surface area contributed by atoms with Gasteiger partial charge in [0.05, 0.1) is 10.7 Å². The molecule has 0 aromatic carbocycles. The maximum absolute atomic E-state index is 12.7. The number of aromatic nitrogens is 1. The van der Waals surface area contributed by atoms with Crippen LogP contribution in [0, 0.1) is 13.8 Å². The van der Waals surface area contributed by atoms with Crippen LogP contribution in [0.5, 0.6) is 0 Å². The number of guanidine groups is 1. The second-order valence-corrected chi connectivity index (χ2v) is 9.74. The summed E-state index contributed by atoms with van der Waals surface area (Å²) in [6.45, 7) is 6.71. The van der Waals surface area contributed by atoms with Crippen LogP contribution in [-0.2, 0) is 16.4 Å². The van der Waals surface area contributed by atoms with Gasteiger partial charge < -0.3 is 10.6 Å². The molecule has 0 bridgehead atoms. The number of piperidine rings is 1. The topological polar surface area (TPSA) is 86.7 Å². The Morgan fingerprint density at radius 3 is 2.46 bits per heavy atom. The molecule has 0 spiro atoms. The number of hydrogen-bond acceptors (Lipinski definition) is 5. The van der Waals surface area contributed by atoms with E-state index in [0.717, 1.165) is 17.1 Å². The lowest BCUT2D eigenvalue weighted by Crippen LogP contribution is -2.51. The van der Waals surface area contributed by atoms with E-state index in [2.05, 4.69) is 20.6 Å². The summed E-state index contributed by atoms with van der Waals surface area (Å²) in [5.74, 6) is 0.582. The molecular formula is C16H26F3N5O2S2. The number of sulfonamides is 1. The van der Waals surface area contributed by atoms with Crippen molar-refractivity contribution in [2.24, 2.45) is 4.99 Å². The molecule has 1 aromatic rings. The molecule has 0 saturated carbocycles. The van der Waals surface area contributed by atoms with Gasteiger partial charge in [0.2, 0.25) is 0 Å². The van der Waals surface area contributed by atoms with Gasteiger partial charge in [-0.25, -0.2) is 13.4 Å². The predicted molar refractivity (Wildman–Crippen MR) is 104 cm³/mol. The van der Waals surface area contributed by atoms with E-state index in [-0.39, 0.29) is 32.0 Å². The fourth-order valence-electron chi connectivity index (χ4n) is 2.97. The van der Waals surface area contributed by atoms with Crippen molar-refractivity contribution in [3.63, 3.8) is 0 Å². The standard InChI is InChI=1S/C16H26F3N5O2S2/c1-4-20-15(21-8-5-14-11(2)22-12(3)27-14)23-13-6-9-24(10-7-13)28(25,26)16(17,18)19/h13H,4-10H2,1-3H3,(H2,20,21,23). The lowest BCUT2D eigenvalue weighted by Gasteiger charge is -2.32. The number of aryl methyl sites for hydroxylation is 2. The van der Waals surface area contributed by atoms with Crippen LogP contribution in [0.4, 0.5) is 13.2 Å². The molecule has 1 aromatic heterocycles. The van der Waals surface area contributed by atoms with E-state index in [0.29, 0.717) is 23.4 Å². The van der Waals surface area contributed by atoms with E-state index in [1.165, 1.54) is 4.88 Å². The van der Waals surface area contributed by atoms with Crippen molar-refractivity contribution < 1.29 is 21.6 Å². The van der Waals surface area contributed by atoms with Crippen LogP contribution in [0.2, 0.25) is 0 Å². The van der Waals surface area contributed by atoms with Crippen LogP contribution in [0.1, 0.15) is 35.3 Å². The van der Waals surface area contributed by atoms with E-state index in [4.69, 9.17) is 0 Å². The molecule has 0 unspecified atom stereocenters. The third kappa shape index (κ3) is 5.80. The van der Waals surface area contributed by atoms with Gasteiger partial charge in [-0.1, -0.05) is 0 Å². The third-order valence-corrected chi connectivity index (χ3v) is 7.14. The van der Waals surface area contributed by atoms with Crippen LogP contribution in [0.15, 0.2) is 4.99 Å². The van der Waals surface area contributed by atoms with E-state index >= 15 is 0 Å². The molecule has 0 amide bonds. The first-order valence-electron chi connectivity index (χ1n) is 9.08. The molecule has 2 heterocycles. The Labute approximate surface area is 167 Å². The summed E-state index contributed by atoms with van der Waals surface area (Å²) in [6.07, 6.45) is 1.33.